The highest BCUT2D eigenvalue weighted by atomic mass is 16.5. The van der Waals surface area contributed by atoms with E-state index in [2.05, 4.69) is 29.2 Å². The van der Waals surface area contributed by atoms with Crippen LogP contribution in [0.4, 0.5) is 0 Å². The molecule has 134 valence electrons. The van der Waals surface area contributed by atoms with Crippen LogP contribution >= 0.6 is 0 Å². The number of hydrogen-bond donors (Lipinski definition) is 0. The molecule has 4 rings (SSSR count). The smallest absolute Gasteiger partial charge is 0.119 e. The number of nitrogens with zero attached hydrogens (tertiary/aromatic N) is 1. The van der Waals surface area contributed by atoms with Crippen LogP contribution in [0.2, 0.25) is 0 Å². The topological polar surface area (TPSA) is 22.1 Å². The third-order valence-corrected chi connectivity index (χ3v) is 5.43. The molecule has 1 heterocycles. The fourth-order valence-corrected chi connectivity index (χ4v) is 3.78. The van der Waals surface area contributed by atoms with Crippen molar-refractivity contribution in [2.24, 2.45) is 5.92 Å². The van der Waals surface area contributed by atoms with Gasteiger partial charge in [0.2, 0.25) is 0 Å². The Bertz CT molecular complexity index is 850. The van der Waals surface area contributed by atoms with Crippen LogP contribution in [0.1, 0.15) is 32.1 Å². The minimum atomic E-state index is 0.772. The Labute approximate surface area is 163 Å². The zero-order valence-corrected chi connectivity index (χ0v) is 15.6. The van der Waals surface area contributed by atoms with Gasteiger partial charge in [0.1, 0.15) is 13.6 Å². The minimum absolute atomic E-state index is 0.772. The van der Waals surface area contributed by atoms with Crippen molar-refractivity contribution in [2.45, 2.75) is 32.1 Å². The van der Waals surface area contributed by atoms with Gasteiger partial charge in [-0.3, -0.25) is 4.98 Å². The highest BCUT2D eigenvalue weighted by Crippen LogP contribution is 2.28. The lowest BCUT2D eigenvalue weighted by Gasteiger charge is -2.11. The number of hydrogen-bond acceptors (Lipinski definition) is 2. The molecular weight excluding hydrogens is 329 g/mol. The molecule has 1 aliphatic carbocycles. The molecule has 0 atom stereocenters. The van der Waals surface area contributed by atoms with Crippen LogP contribution in [0.3, 0.4) is 0 Å². The van der Waals surface area contributed by atoms with Crippen molar-refractivity contribution < 1.29 is 4.74 Å². The van der Waals surface area contributed by atoms with E-state index in [1.165, 1.54) is 32.1 Å². The first-order valence-electron chi connectivity index (χ1n) is 9.83. The molecule has 1 aromatic heterocycles. The zero-order valence-electron chi connectivity index (χ0n) is 15.6. The van der Waals surface area contributed by atoms with Gasteiger partial charge in [0.25, 0.3) is 0 Å². The first-order valence-corrected chi connectivity index (χ1v) is 9.83. The predicted molar refractivity (Wildman–Crippen MR) is 113 cm³/mol. The van der Waals surface area contributed by atoms with Crippen molar-refractivity contribution in [2.75, 3.05) is 6.61 Å². The standard InChI is InChI=1S/C24H24BNO/c25-22-10-5-19(6-11-22)21-9-14-24(26-17-21)20-7-12-23(13-8-20)27-16-15-18-3-1-2-4-18/h5-14,17-18H,1-4,15-16H2. The summed E-state index contributed by atoms with van der Waals surface area (Å²) in [6, 6.07) is 20.3. The van der Waals surface area contributed by atoms with Gasteiger partial charge in [-0.05, 0) is 48.2 Å². The third-order valence-electron chi connectivity index (χ3n) is 5.43. The average molecular weight is 353 g/mol. The molecule has 1 saturated carbocycles. The number of rotatable bonds is 6. The van der Waals surface area contributed by atoms with Crippen molar-refractivity contribution in [3.05, 3.63) is 66.9 Å². The molecular formula is C24H24BNO. The van der Waals surface area contributed by atoms with Crippen molar-refractivity contribution in [3.8, 4) is 28.1 Å². The molecule has 1 aliphatic rings. The Kier molecular flexibility index (Phi) is 5.57. The third kappa shape index (κ3) is 4.60. The predicted octanol–water partition coefficient (Wildman–Crippen LogP) is 5.17. The van der Waals surface area contributed by atoms with E-state index >= 15 is 0 Å². The molecule has 2 nitrogen and oxygen atoms in total. The van der Waals surface area contributed by atoms with Crippen molar-refractivity contribution in [1.82, 2.24) is 4.98 Å². The van der Waals surface area contributed by atoms with Gasteiger partial charge in [-0.2, -0.15) is 0 Å². The Morgan fingerprint density at radius 2 is 1.48 bits per heavy atom. The highest BCUT2D eigenvalue weighted by Gasteiger charge is 2.14. The quantitative estimate of drug-likeness (QED) is 0.571. The normalized spacial score (nSPS) is 14.4. The second-order valence-corrected chi connectivity index (χ2v) is 7.37. The molecule has 27 heavy (non-hydrogen) atoms. The van der Waals surface area contributed by atoms with E-state index in [0.717, 1.165) is 46.1 Å². The van der Waals surface area contributed by atoms with Crippen molar-refractivity contribution >= 4 is 13.3 Å². The van der Waals surface area contributed by atoms with Gasteiger partial charge < -0.3 is 4.74 Å². The van der Waals surface area contributed by atoms with Crippen LogP contribution in [0.5, 0.6) is 5.75 Å². The minimum Gasteiger partial charge on any atom is -0.494 e. The Balaban J connectivity index is 1.37. The highest BCUT2D eigenvalue weighted by molar-refractivity contribution is 6.32. The zero-order chi connectivity index (χ0) is 18.5. The van der Waals surface area contributed by atoms with Gasteiger partial charge in [-0.1, -0.05) is 61.5 Å². The molecule has 3 aromatic rings. The van der Waals surface area contributed by atoms with Crippen LogP contribution in [-0.4, -0.2) is 19.4 Å². The number of aromatic nitrogens is 1. The number of ether oxygens (including phenoxy) is 1. The summed E-state index contributed by atoms with van der Waals surface area (Å²) in [5.74, 6) is 1.81. The molecule has 2 aromatic carbocycles. The van der Waals surface area contributed by atoms with Crippen LogP contribution < -0.4 is 10.2 Å². The maximum atomic E-state index is 5.91. The van der Waals surface area contributed by atoms with Gasteiger partial charge in [-0.25, -0.2) is 0 Å². The average Bonchev–Trinajstić information content (AvgIpc) is 3.23. The van der Waals surface area contributed by atoms with Crippen LogP contribution in [0, 0.1) is 5.92 Å². The molecule has 0 aliphatic heterocycles. The molecule has 0 bridgehead atoms. The first kappa shape index (κ1) is 17.8. The summed E-state index contributed by atoms with van der Waals surface area (Å²) in [6.45, 7) is 0.818. The molecule has 0 saturated heterocycles. The van der Waals surface area contributed by atoms with Gasteiger partial charge in [0.15, 0.2) is 0 Å². The molecule has 0 N–H and O–H groups in total. The Morgan fingerprint density at radius 3 is 2.15 bits per heavy atom. The van der Waals surface area contributed by atoms with Gasteiger partial charge >= 0.3 is 0 Å². The second kappa shape index (κ2) is 8.43. The molecule has 0 amide bonds. The van der Waals surface area contributed by atoms with Crippen molar-refractivity contribution in [1.29, 1.82) is 0 Å². The Morgan fingerprint density at radius 1 is 0.815 bits per heavy atom. The molecule has 2 radical (unpaired) electrons. The lowest BCUT2D eigenvalue weighted by atomic mass is 9.94. The van der Waals surface area contributed by atoms with E-state index in [4.69, 9.17) is 12.6 Å². The second-order valence-electron chi connectivity index (χ2n) is 7.37. The van der Waals surface area contributed by atoms with Gasteiger partial charge in [0.05, 0.1) is 12.3 Å². The lowest BCUT2D eigenvalue weighted by Crippen LogP contribution is -2.03. The summed E-state index contributed by atoms with van der Waals surface area (Å²) in [5, 5.41) is 0. The maximum Gasteiger partial charge on any atom is 0.119 e. The summed E-state index contributed by atoms with van der Waals surface area (Å²) in [5.41, 5.74) is 5.04. The lowest BCUT2D eigenvalue weighted by molar-refractivity contribution is 0.279. The maximum absolute atomic E-state index is 5.91. The summed E-state index contributed by atoms with van der Waals surface area (Å²) in [7, 11) is 5.75. The van der Waals surface area contributed by atoms with E-state index < -0.39 is 0 Å². The molecule has 0 unspecified atom stereocenters. The molecule has 1 fully saturated rings. The summed E-state index contributed by atoms with van der Waals surface area (Å²) in [4.78, 5) is 4.62. The molecule has 0 spiro atoms. The summed E-state index contributed by atoms with van der Waals surface area (Å²) < 4.78 is 5.91. The molecule has 3 heteroatoms. The fraction of sp³-hybridized carbons (Fsp3) is 0.292. The summed E-state index contributed by atoms with van der Waals surface area (Å²) >= 11 is 0. The van der Waals surface area contributed by atoms with Crippen LogP contribution in [0.15, 0.2) is 66.9 Å². The van der Waals surface area contributed by atoms with E-state index in [1.54, 1.807) is 0 Å². The summed E-state index contributed by atoms with van der Waals surface area (Å²) in [6.07, 6.45) is 8.62. The van der Waals surface area contributed by atoms with Gasteiger partial charge in [0, 0.05) is 17.3 Å². The van der Waals surface area contributed by atoms with Crippen LogP contribution in [-0.2, 0) is 0 Å². The largest absolute Gasteiger partial charge is 0.494 e. The fourth-order valence-electron chi connectivity index (χ4n) is 3.78. The van der Waals surface area contributed by atoms with E-state index in [0.29, 0.717) is 0 Å². The van der Waals surface area contributed by atoms with E-state index in [1.807, 2.05) is 42.6 Å². The number of benzene rings is 2. The van der Waals surface area contributed by atoms with E-state index in [-0.39, 0.29) is 0 Å². The SMILES string of the molecule is [B]c1ccc(-c2ccc(-c3ccc(OCCC4CCCC4)cc3)nc2)cc1. The first-order chi connectivity index (χ1) is 13.3. The Hall–Kier alpha value is -2.55. The number of pyridine rings is 1. The van der Waals surface area contributed by atoms with E-state index in [9.17, 15) is 0 Å². The van der Waals surface area contributed by atoms with Crippen molar-refractivity contribution in [3.63, 3.8) is 0 Å². The van der Waals surface area contributed by atoms with Crippen LogP contribution in [0.25, 0.3) is 22.4 Å². The monoisotopic (exact) mass is 353 g/mol. The van der Waals surface area contributed by atoms with Gasteiger partial charge in [-0.15, -0.1) is 0 Å².